The zero-order valence-corrected chi connectivity index (χ0v) is 13.7. The van der Waals surface area contributed by atoms with Crippen molar-refractivity contribution in [2.45, 2.75) is 26.1 Å². The molecule has 0 aliphatic rings. The Hall–Kier alpha value is -2.99. The summed E-state index contributed by atoms with van der Waals surface area (Å²) < 4.78 is 1.66. The number of nitrogens with one attached hydrogen (secondary N) is 1. The second kappa shape index (κ2) is 7.72. The maximum absolute atomic E-state index is 12.1. The van der Waals surface area contributed by atoms with E-state index in [1.165, 1.54) is 6.20 Å². The normalized spacial score (nSPS) is 10.8. The minimum atomic E-state index is -0.128. The first kappa shape index (κ1) is 16.9. The fourth-order valence-electron chi connectivity index (χ4n) is 2.71. The van der Waals surface area contributed by atoms with Crippen LogP contribution >= 0.6 is 0 Å². The van der Waals surface area contributed by atoms with Gasteiger partial charge in [0.2, 0.25) is 11.3 Å². The number of para-hydroxylation sites is 1. The molecule has 0 unspecified atom stereocenters. The summed E-state index contributed by atoms with van der Waals surface area (Å²) >= 11 is 0. The smallest absolute Gasteiger partial charge is 0.222 e. The van der Waals surface area contributed by atoms with Crippen molar-refractivity contribution in [3.63, 3.8) is 0 Å². The van der Waals surface area contributed by atoms with Crippen molar-refractivity contribution in [2.75, 3.05) is 0 Å². The van der Waals surface area contributed by atoms with Crippen molar-refractivity contribution in [2.24, 2.45) is 0 Å². The maximum atomic E-state index is 12.1. The average molecular weight is 337 g/mol. The summed E-state index contributed by atoms with van der Waals surface area (Å²) in [5.41, 5.74) is 2.28. The van der Waals surface area contributed by atoms with E-state index in [0.717, 1.165) is 11.1 Å². The van der Waals surface area contributed by atoms with Crippen LogP contribution in [0.5, 0.6) is 0 Å². The van der Waals surface area contributed by atoms with E-state index in [9.17, 15) is 14.7 Å². The molecule has 1 aromatic heterocycles. The Morgan fingerprint density at radius 2 is 1.80 bits per heavy atom. The van der Waals surface area contributed by atoms with Crippen LogP contribution in [0.15, 0.2) is 59.5 Å². The number of aliphatic hydroxyl groups is 1. The van der Waals surface area contributed by atoms with Crippen molar-refractivity contribution in [3.05, 3.63) is 76.1 Å². The van der Waals surface area contributed by atoms with Crippen molar-refractivity contribution in [1.29, 1.82) is 0 Å². The third-order valence-corrected chi connectivity index (χ3v) is 4.08. The highest BCUT2D eigenvalue weighted by Gasteiger charge is 2.07. The Bertz CT molecular complexity index is 950. The fourth-order valence-corrected chi connectivity index (χ4v) is 2.71. The molecule has 128 valence electrons. The topological polar surface area (TPSA) is 84.2 Å². The number of fused-ring (bicyclic) bond motifs is 1. The van der Waals surface area contributed by atoms with Crippen LogP contribution in [0.1, 0.15) is 17.5 Å². The number of aryl methyl sites for hydroxylation is 1. The molecule has 0 aliphatic heterocycles. The summed E-state index contributed by atoms with van der Waals surface area (Å²) in [5.74, 6) is -0.114. The minimum Gasteiger partial charge on any atom is -0.392 e. The van der Waals surface area contributed by atoms with Gasteiger partial charge in [0.05, 0.1) is 24.9 Å². The van der Waals surface area contributed by atoms with Crippen molar-refractivity contribution in [1.82, 2.24) is 15.1 Å². The van der Waals surface area contributed by atoms with E-state index in [-0.39, 0.29) is 24.4 Å². The lowest BCUT2D eigenvalue weighted by Gasteiger charge is -2.11. The highest BCUT2D eigenvalue weighted by atomic mass is 16.3. The molecule has 3 rings (SSSR count). The summed E-state index contributed by atoms with van der Waals surface area (Å²) in [6.45, 7) is 0.696. The number of nitrogens with zero attached hydrogens (tertiary/aromatic N) is 2. The molecule has 0 bridgehead atoms. The average Bonchev–Trinajstić information content (AvgIpc) is 2.66. The summed E-state index contributed by atoms with van der Waals surface area (Å²) in [4.78, 5) is 23.9. The number of carbonyl (C=O) groups is 1. The molecule has 2 N–H and O–H groups in total. The highest BCUT2D eigenvalue weighted by Crippen LogP contribution is 2.09. The molecule has 3 aromatic rings. The summed E-state index contributed by atoms with van der Waals surface area (Å²) in [6.07, 6.45) is 1.53. The Morgan fingerprint density at radius 1 is 1.08 bits per heavy atom. The lowest BCUT2D eigenvalue weighted by Crippen LogP contribution is -2.25. The first-order valence-corrected chi connectivity index (χ1v) is 8.08. The number of rotatable bonds is 6. The second-order valence-electron chi connectivity index (χ2n) is 5.70. The molecule has 1 heterocycles. The molecular formula is C19H19N3O3. The number of hydrogen-bond acceptors (Lipinski definition) is 4. The molecule has 6 heteroatoms. The molecule has 0 saturated heterocycles. The minimum absolute atomic E-state index is 0.0562. The Labute approximate surface area is 144 Å². The van der Waals surface area contributed by atoms with E-state index in [1.54, 1.807) is 16.8 Å². The number of aliphatic hydroxyl groups excluding tert-OH is 1. The summed E-state index contributed by atoms with van der Waals surface area (Å²) in [6, 6.07) is 14.6. The molecule has 0 spiro atoms. The molecular weight excluding hydrogens is 318 g/mol. The van der Waals surface area contributed by atoms with Crippen molar-refractivity contribution >= 4 is 16.8 Å². The zero-order chi connectivity index (χ0) is 17.6. The predicted octanol–water partition coefficient (Wildman–Crippen LogP) is 1.60. The molecule has 25 heavy (non-hydrogen) atoms. The lowest BCUT2D eigenvalue weighted by molar-refractivity contribution is -0.121. The maximum Gasteiger partial charge on any atom is 0.222 e. The van der Waals surface area contributed by atoms with Gasteiger partial charge in [-0.15, -0.1) is 0 Å². The first-order chi connectivity index (χ1) is 12.2. The predicted molar refractivity (Wildman–Crippen MR) is 94.8 cm³/mol. The van der Waals surface area contributed by atoms with E-state index in [4.69, 9.17) is 0 Å². The van der Waals surface area contributed by atoms with Crippen LogP contribution in [-0.2, 0) is 24.5 Å². The molecule has 0 radical (unpaired) electrons. The molecule has 0 aliphatic carbocycles. The fraction of sp³-hybridized carbons (Fsp3) is 0.211. The lowest BCUT2D eigenvalue weighted by atomic mass is 10.1. The van der Waals surface area contributed by atoms with Gasteiger partial charge < -0.3 is 10.4 Å². The SMILES string of the molecule is O=C(CCn1ncc(=O)c2ccccc21)NCc1ccccc1CO. The Balaban J connectivity index is 1.63. The van der Waals surface area contributed by atoms with Crippen LogP contribution < -0.4 is 10.7 Å². The van der Waals surface area contributed by atoms with Crippen LogP contribution in [0.25, 0.3) is 10.9 Å². The highest BCUT2D eigenvalue weighted by molar-refractivity contribution is 5.79. The van der Waals surface area contributed by atoms with Crippen LogP contribution in [-0.4, -0.2) is 20.8 Å². The molecule has 6 nitrogen and oxygen atoms in total. The Morgan fingerprint density at radius 3 is 2.60 bits per heavy atom. The van der Waals surface area contributed by atoms with E-state index < -0.39 is 0 Å². The van der Waals surface area contributed by atoms with Crippen molar-refractivity contribution in [3.8, 4) is 0 Å². The van der Waals surface area contributed by atoms with E-state index >= 15 is 0 Å². The van der Waals surface area contributed by atoms with Gasteiger partial charge in [-0.2, -0.15) is 5.10 Å². The van der Waals surface area contributed by atoms with E-state index in [0.29, 0.717) is 24.0 Å². The van der Waals surface area contributed by atoms with Gasteiger partial charge in [0.25, 0.3) is 0 Å². The van der Waals surface area contributed by atoms with Gasteiger partial charge in [-0.1, -0.05) is 36.4 Å². The van der Waals surface area contributed by atoms with Crippen LogP contribution in [0.4, 0.5) is 0 Å². The standard InChI is InChI=1S/C19H19N3O3/c23-13-15-6-2-1-5-14(15)11-20-19(25)9-10-22-17-8-4-3-7-16(17)18(24)12-21-22/h1-8,12,23H,9-11,13H2,(H,20,25). The first-order valence-electron chi connectivity index (χ1n) is 8.08. The van der Waals surface area contributed by atoms with Gasteiger partial charge in [-0.25, -0.2) is 0 Å². The van der Waals surface area contributed by atoms with E-state index in [1.807, 2.05) is 36.4 Å². The zero-order valence-electron chi connectivity index (χ0n) is 13.7. The van der Waals surface area contributed by atoms with Crippen LogP contribution in [0.3, 0.4) is 0 Å². The number of hydrogen-bond donors (Lipinski definition) is 2. The molecule has 1 amide bonds. The van der Waals surface area contributed by atoms with Gasteiger partial charge in [-0.3, -0.25) is 14.3 Å². The van der Waals surface area contributed by atoms with Gasteiger partial charge >= 0.3 is 0 Å². The van der Waals surface area contributed by atoms with Crippen LogP contribution in [0.2, 0.25) is 0 Å². The molecule has 2 aromatic carbocycles. The quantitative estimate of drug-likeness (QED) is 0.715. The number of carbonyl (C=O) groups excluding carboxylic acids is 1. The Kier molecular flexibility index (Phi) is 5.20. The monoisotopic (exact) mass is 337 g/mol. The van der Waals surface area contributed by atoms with Gasteiger partial charge in [0.15, 0.2) is 0 Å². The van der Waals surface area contributed by atoms with Crippen molar-refractivity contribution < 1.29 is 9.90 Å². The molecule has 0 saturated carbocycles. The van der Waals surface area contributed by atoms with Gasteiger partial charge in [0, 0.05) is 18.4 Å². The summed E-state index contributed by atoms with van der Waals surface area (Å²) in [7, 11) is 0. The molecule has 0 fully saturated rings. The van der Waals surface area contributed by atoms with Gasteiger partial charge in [0.1, 0.15) is 0 Å². The van der Waals surface area contributed by atoms with Gasteiger partial charge in [-0.05, 0) is 23.3 Å². The van der Waals surface area contributed by atoms with Crippen LogP contribution in [0, 0.1) is 0 Å². The third kappa shape index (κ3) is 3.92. The largest absolute Gasteiger partial charge is 0.392 e. The third-order valence-electron chi connectivity index (χ3n) is 4.08. The summed E-state index contributed by atoms with van der Waals surface area (Å²) in [5, 5.41) is 16.9. The number of aromatic nitrogens is 2. The number of amides is 1. The number of benzene rings is 2. The molecule has 0 atom stereocenters. The second-order valence-corrected chi connectivity index (χ2v) is 5.70. The van der Waals surface area contributed by atoms with E-state index in [2.05, 4.69) is 10.4 Å².